The Morgan fingerprint density at radius 3 is 2.60 bits per heavy atom. The van der Waals surface area contributed by atoms with Crippen LogP contribution >= 0.6 is 12.4 Å². The number of fused-ring (bicyclic) bond motifs is 1. The van der Waals surface area contributed by atoms with E-state index < -0.39 is 0 Å². The van der Waals surface area contributed by atoms with E-state index in [1.807, 2.05) is 25.7 Å². The molecule has 1 amide bonds. The minimum Gasteiger partial charge on any atom is -0.444 e. The SMILES string of the molecule is CC(C)(C)OC(=O)N1C[C@H]2CNC[C@H]21.Cl. The van der Waals surface area contributed by atoms with Crippen molar-refractivity contribution in [1.82, 2.24) is 10.2 Å². The molecule has 2 fully saturated rings. The molecule has 2 aliphatic heterocycles. The van der Waals surface area contributed by atoms with Gasteiger partial charge in [0.15, 0.2) is 0 Å². The summed E-state index contributed by atoms with van der Waals surface area (Å²) in [5.41, 5.74) is -0.381. The molecule has 4 nitrogen and oxygen atoms in total. The molecule has 2 rings (SSSR count). The standard InChI is InChI=1S/C10H18N2O2.ClH/c1-10(2,3)14-9(13)12-6-7-4-11-5-8(7)12;/h7-8,11H,4-6H2,1-3H3;1H/t7-,8-;/m1./s1. The van der Waals surface area contributed by atoms with E-state index in [4.69, 9.17) is 4.74 Å². The number of hydrogen-bond donors (Lipinski definition) is 1. The van der Waals surface area contributed by atoms with Crippen LogP contribution in [0.1, 0.15) is 20.8 Å². The van der Waals surface area contributed by atoms with E-state index in [0.717, 1.165) is 19.6 Å². The molecule has 0 aromatic heterocycles. The summed E-state index contributed by atoms with van der Waals surface area (Å²) in [5, 5.41) is 3.28. The van der Waals surface area contributed by atoms with Crippen LogP contribution in [0, 0.1) is 5.92 Å². The molecule has 0 spiro atoms. The van der Waals surface area contributed by atoms with E-state index in [2.05, 4.69) is 5.32 Å². The number of halogens is 1. The second kappa shape index (κ2) is 4.18. The smallest absolute Gasteiger partial charge is 0.410 e. The number of amides is 1. The van der Waals surface area contributed by atoms with E-state index in [9.17, 15) is 4.79 Å². The van der Waals surface area contributed by atoms with Gasteiger partial charge in [0.05, 0.1) is 6.04 Å². The number of carbonyl (C=O) groups excluding carboxylic acids is 1. The van der Waals surface area contributed by atoms with Crippen molar-refractivity contribution in [2.75, 3.05) is 19.6 Å². The molecule has 5 heteroatoms. The first-order chi connectivity index (χ1) is 6.47. The Morgan fingerprint density at radius 1 is 1.40 bits per heavy atom. The molecule has 88 valence electrons. The largest absolute Gasteiger partial charge is 0.444 e. The minimum absolute atomic E-state index is 0. The summed E-state index contributed by atoms with van der Waals surface area (Å²) >= 11 is 0. The summed E-state index contributed by atoms with van der Waals surface area (Å²) in [4.78, 5) is 13.5. The summed E-state index contributed by atoms with van der Waals surface area (Å²) in [6.07, 6.45) is -0.164. The Balaban J connectivity index is 0.00000112. The predicted octanol–water partition coefficient (Wildman–Crippen LogP) is 1.25. The van der Waals surface area contributed by atoms with Crippen LogP contribution in [0.4, 0.5) is 4.79 Å². The van der Waals surface area contributed by atoms with Crippen molar-refractivity contribution in [1.29, 1.82) is 0 Å². The number of carbonyl (C=O) groups is 1. The van der Waals surface area contributed by atoms with Gasteiger partial charge in [-0.15, -0.1) is 12.4 Å². The van der Waals surface area contributed by atoms with E-state index in [1.165, 1.54) is 0 Å². The van der Waals surface area contributed by atoms with Gasteiger partial charge in [-0.05, 0) is 20.8 Å². The lowest BCUT2D eigenvalue weighted by Crippen LogP contribution is -2.59. The number of nitrogens with one attached hydrogen (secondary N) is 1. The zero-order chi connectivity index (χ0) is 10.3. The van der Waals surface area contributed by atoms with Gasteiger partial charge in [0.25, 0.3) is 0 Å². The molecule has 0 unspecified atom stereocenters. The van der Waals surface area contributed by atoms with Gasteiger partial charge in [0.2, 0.25) is 0 Å². The highest BCUT2D eigenvalue weighted by Crippen LogP contribution is 2.29. The highest BCUT2D eigenvalue weighted by Gasteiger charge is 2.46. The first kappa shape index (κ1) is 12.6. The van der Waals surface area contributed by atoms with Crippen LogP contribution in [0.3, 0.4) is 0 Å². The average molecular weight is 235 g/mol. The molecule has 0 bridgehead atoms. The second-order valence-corrected chi connectivity index (χ2v) is 5.12. The molecular formula is C10H19ClN2O2. The van der Waals surface area contributed by atoms with Gasteiger partial charge in [0, 0.05) is 25.6 Å². The van der Waals surface area contributed by atoms with Crippen molar-refractivity contribution in [3.63, 3.8) is 0 Å². The van der Waals surface area contributed by atoms with Crippen LogP contribution in [0.5, 0.6) is 0 Å². The molecule has 0 radical (unpaired) electrons. The molecule has 2 atom stereocenters. The van der Waals surface area contributed by atoms with Crippen LogP contribution in [0.15, 0.2) is 0 Å². The summed E-state index contributed by atoms with van der Waals surface area (Å²) in [6, 6.07) is 0.379. The maximum Gasteiger partial charge on any atom is 0.410 e. The van der Waals surface area contributed by atoms with Crippen LogP contribution in [-0.2, 0) is 4.74 Å². The molecule has 0 aromatic rings. The van der Waals surface area contributed by atoms with E-state index >= 15 is 0 Å². The lowest BCUT2D eigenvalue weighted by Gasteiger charge is -2.43. The van der Waals surface area contributed by atoms with Gasteiger partial charge in [-0.1, -0.05) is 0 Å². The summed E-state index contributed by atoms with van der Waals surface area (Å²) in [5.74, 6) is 0.655. The van der Waals surface area contributed by atoms with E-state index in [0.29, 0.717) is 12.0 Å². The highest BCUT2D eigenvalue weighted by molar-refractivity contribution is 5.85. The van der Waals surface area contributed by atoms with Gasteiger partial charge < -0.3 is 15.0 Å². The summed E-state index contributed by atoms with van der Waals surface area (Å²) < 4.78 is 5.31. The third kappa shape index (κ3) is 2.55. The number of rotatable bonds is 0. The van der Waals surface area contributed by atoms with Gasteiger partial charge in [-0.25, -0.2) is 4.79 Å². The van der Waals surface area contributed by atoms with Crippen molar-refractivity contribution in [3.8, 4) is 0 Å². The Kier molecular flexibility index (Phi) is 3.51. The lowest BCUT2D eigenvalue weighted by molar-refractivity contribution is -0.0163. The average Bonchev–Trinajstić information content (AvgIpc) is 2.28. The highest BCUT2D eigenvalue weighted by atomic mass is 35.5. The molecule has 0 aromatic carbocycles. The van der Waals surface area contributed by atoms with Crippen LogP contribution in [0.25, 0.3) is 0 Å². The predicted molar refractivity (Wildman–Crippen MR) is 60.3 cm³/mol. The second-order valence-electron chi connectivity index (χ2n) is 5.12. The Hall–Kier alpha value is -0.480. The number of hydrogen-bond acceptors (Lipinski definition) is 3. The number of likely N-dealkylation sites (tertiary alicyclic amines) is 1. The Labute approximate surface area is 96.7 Å². The van der Waals surface area contributed by atoms with Crippen molar-refractivity contribution < 1.29 is 9.53 Å². The maximum atomic E-state index is 11.7. The molecule has 0 saturated carbocycles. The molecular weight excluding hydrogens is 216 g/mol. The zero-order valence-electron chi connectivity index (χ0n) is 9.45. The summed E-state index contributed by atoms with van der Waals surface area (Å²) in [6.45, 7) is 8.51. The third-order valence-corrected chi connectivity index (χ3v) is 2.76. The molecule has 2 heterocycles. The quantitative estimate of drug-likeness (QED) is 0.686. The van der Waals surface area contributed by atoms with Crippen molar-refractivity contribution in [3.05, 3.63) is 0 Å². The Morgan fingerprint density at radius 2 is 2.07 bits per heavy atom. The molecule has 0 aliphatic carbocycles. The van der Waals surface area contributed by atoms with Crippen molar-refractivity contribution in [2.24, 2.45) is 5.92 Å². The first-order valence-electron chi connectivity index (χ1n) is 5.18. The lowest BCUT2D eigenvalue weighted by atomic mass is 9.93. The van der Waals surface area contributed by atoms with Crippen LogP contribution in [-0.4, -0.2) is 42.3 Å². The number of nitrogens with zero attached hydrogens (tertiary/aromatic N) is 1. The topological polar surface area (TPSA) is 41.6 Å². The molecule has 2 aliphatic rings. The molecule has 1 N–H and O–H groups in total. The zero-order valence-corrected chi connectivity index (χ0v) is 10.3. The fourth-order valence-corrected chi connectivity index (χ4v) is 2.05. The van der Waals surface area contributed by atoms with Gasteiger partial charge in [-0.2, -0.15) is 0 Å². The Bertz CT molecular complexity index is 252. The molecule has 15 heavy (non-hydrogen) atoms. The first-order valence-corrected chi connectivity index (χ1v) is 5.18. The number of ether oxygens (including phenoxy) is 1. The molecule has 2 saturated heterocycles. The fourth-order valence-electron chi connectivity index (χ4n) is 2.05. The normalized spacial score (nSPS) is 28.9. The van der Waals surface area contributed by atoms with E-state index in [-0.39, 0.29) is 24.1 Å². The van der Waals surface area contributed by atoms with Crippen molar-refractivity contribution in [2.45, 2.75) is 32.4 Å². The van der Waals surface area contributed by atoms with Gasteiger partial charge >= 0.3 is 6.09 Å². The van der Waals surface area contributed by atoms with Crippen LogP contribution in [0.2, 0.25) is 0 Å². The van der Waals surface area contributed by atoms with Gasteiger partial charge in [0.1, 0.15) is 5.60 Å². The van der Waals surface area contributed by atoms with Crippen LogP contribution < -0.4 is 5.32 Å². The monoisotopic (exact) mass is 234 g/mol. The minimum atomic E-state index is -0.381. The van der Waals surface area contributed by atoms with E-state index in [1.54, 1.807) is 0 Å². The van der Waals surface area contributed by atoms with Gasteiger partial charge in [-0.3, -0.25) is 0 Å². The van der Waals surface area contributed by atoms with Crippen molar-refractivity contribution >= 4 is 18.5 Å². The fraction of sp³-hybridized carbons (Fsp3) is 0.900. The third-order valence-electron chi connectivity index (χ3n) is 2.76. The maximum absolute atomic E-state index is 11.7. The summed E-state index contributed by atoms with van der Waals surface area (Å²) in [7, 11) is 0.